The van der Waals surface area contributed by atoms with E-state index in [-0.39, 0.29) is 34.9 Å². The van der Waals surface area contributed by atoms with Crippen LogP contribution in [0.25, 0.3) is 11.0 Å². The largest absolute Gasteiger partial charge is 0.482 e. The van der Waals surface area contributed by atoms with Crippen molar-refractivity contribution in [2.24, 2.45) is 5.73 Å². The first kappa shape index (κ1) is 16.8. The Hall–Kier alpha value is -2.54. The average molecular weight is 340 g/mol. The van der Waals surface area contributed by atoms with Gasteiger partial charge in [-0.25, -0.2) is 4.79 Å². The quantitative estimate of drug-likeness (QED) is 0.650. The predicted molar refractivity (Wildman–Crippen MR) is 82.6 cm³/mol. The minimum Gasteiger partial charge on any atom is -0.482 e. The van der Waals surface area contributed by atoms with Gasteiger partial charge in [-0.15, -0.1) is 0 Å². The second-order valence-corrected chi connectivity index (χ2v) is 5.19. The summed E-state index contributed by atoms with van der Waals surface area (Å²) < 4.78 is 14.9. The van der Waals surface area contributed by atoms with E-state index >= 15 is 0 Å². The number of hydrogen-bond donors (Lipinski definition) is 1. The number of halogens is 1. The van der Waals surface area contributed by atoms with Crippen LogP contribution in [0.3, 0.4) is 0 Å². The van der Waals surface area contributed by atoms with Crippen molar-refractivity contribution in [3.8, 4) is 5.75 Å². The van der Waals surface area contributed by atoms with Crippen molar-refractivity contribution < 1.29 is 23.5 Å². The second kappa shape index (κ2) is 6.70. The molecule has 2 aromatic rings. The number of methoxy groups -OCH3 is 1. The zero-order valence-electron chi connectivity index (χ0n) is 12.5. The van der Waals surface area contributed by atoms with Gasteiger partial charge in [0.15, 0.2) is 6.61 Å². The first-order chi connectivity index (χ1) is 10.8. The summed E-state index contributed by atoms with van der Waals surface area (Å²) in [5, 5.41) is 0.777. The van der Waals surface area contributed by atoms with Crippen molar-refractivity contribution in [3.05, 3.63) is 38.7 Å². The molecular formula is C15H14ClNO6. The molecule has 0 radical (unpaired) electrons. The average Bonchev–Trinajstić information content (AvgIpc) is 2.50. The van der Waals surface area contributed by atoms with E-state index in [9.17, 15) is 14.4 Å². The fourth-order valence-electron chi connectivity index (χ4n) is 2.07. The summed E-state index contributed by atoms with van der Waals surface area (Å²) in [4.78, 5) is 34.2. The van der Waals surface area contributed by atoms with Crippen LogP contribution in [0.4, 0.5) is 0 Å². The van der Waals surface area contributed by atoms with Crippen molar-refractivity contribution in [1.29, 1.82) is 0 Å². The van der Waals surface area contributed by atoms with Crippen LogP contribution < -0.4 is 16.1 Å². The highest BCUT2D eigenvalue weighted by Crippen LogP contribution is 2.32. The summed E-state index contributed by atoms with van der Waals surface area (Å²) in [6.07, 6.45) is -0.196. The number of hydrogen-bond acceptors (Lipinski definition) is 6. The Morgan fingerprint density at radius 2 is 2.04 bits per heavy atom. The Kier molecular flexibility index (Phi) is 4.90. The Labute approximate surface area is 135 Å². The smallest absolute Gasteiger partial charge is 0.340 e. The third-order valence-electron chi connectivity index (χ3n) is 3.26. The lowest BCUT2D eigenvalue weighted by molar-refractivity contribution is -0.139. The molecule has 2 rings (SSSR count). The molecule has 0 spiro atoms. The molecule has 0 bridgehead atoms. The highest BCUT2D eigenvalue weighted by atomic mass is 35.5. The SMILES string of the molecule is COC(=O)Cc1c(C)c2cc(Cl)c(OCC(N)=O)cc2oc1=O. The third kappa shape index (κ3) is 3.62. The van der Waals surface area contributed by atoms with Crippen LogP contribution in [0.5, 0.6) is 5.75 Å². The first-order valence-electron chi connectivity index (χ1n) is 6.57. The van der Waals surface area contributed by atoms with E-state index in [1.54, 1.807) is 6.92 Å². The molecule has 1 aromatic heterocycles. The molecule has 0 fully saturated rings. The summed E-state index contributed by atoms with van der Waals surface area (Å²) >= 11 is 6.10. The van der Waals surface area contributed by atoms with Crippen molar-refractivity contribution in [1.82, 2.24) is 0 Å². The highest BCUT2D eigenvalue weighted by Gasteiger charge is 2.17. The molecule has 1 amide bonds. The normalized spacial score (nSPS) is 10.6. The summed E-state index contributed by atoms with van der Waals surface area (Å²) in [7, 11) is 1.24. The lowest BCUT2D eigenvalue weighted by atomic mass is 10.0. The fourth-order valence-corrected chi connectivity index (χ4v) is 2.29. The minimum absolute atomic E-state index is 0.168. The number of nitrogens with two attached hydrogens (primary N) is 1. The van der Waals surface area contributed by atoms with Gasteiger partial charge in [0.05, 0.1) is 24.1 Å². The topological polar surface area (TPSA) is 109 Å². The van der Waals surface area contributed by atoms with E-state index in [1.807, 2.05) is 0 Å². The van der Waals surface area contributed by atoms with Crippen LogP contribution in [0.1, 0.15) is 11.1 Å². The van der Waals surface area contributed by atoms with Gasteiger partial charge in [0.1, 0.15) is 11.3 Å². The minimum atomic E-state index is -0.660. The summed E-state index contributed by atoms with van der Waals surface area (Å²) in [6.45, 7) is 1.33. The van der Waals surface area contributed by atoms with E-state index in [2.05, 4.69) is 4.74 Å². The predicted octanol–water partition coefficient (Wildman–Crippen LogP) is 1.33. The van der Waals surface area contributed by atoms with E-state index < -0.39 is 17.5 Å². The zero-order chi connectivity index (χ0) is 17.1. The van der Waals surface area contributed by atoms with Crippen LogP contribution >= 0.6 is 11.6 Å². The maximum atomic E-state index is 12.0. The van der Waals surface area contributed by atoms with E-state index in [4.69, 9.17) is 26.5 Å². The van der Waals surface area contributed by atoms with Gasteiger partial charge in [0, 0.05) is 11.5 Å². The van der Waals surface area contributed by atoms with Gasteiger partial charge in [-0.1, -0.05) is 11.6 Å². The van der Waals surface area contributed by atoms with Gasteiger partial charge in [0.25, 0.3) is 5.91 Å². The lowest BCUT2D eigenvalue weighted by Crippen LogP contribution is -2.20. The fraction of sp³-hybridized carbons (Fsp3) is 0.267. The van der Waals surface area contributed by atoms with Gasteiger partial charge in [-0.3, -0.25) is 9.59 Å². The van der Waals surface area contributed by atoms with Crippen molar-refractivity contribution in [2.75, 3.05) is 13.7 Å². The number of ether oxygens (including phenoxy) is 2. The molecule has 122 valence electrons. The Bertz CT molecular complexity index is 842. The number of esters is 1. The number of rotatable bonds is 5. The first-order valence-corrected chi connectivity index (χ1v) is 6.95. The van der Waals surface area contributed by atoms with Crippen molar-refractivity contribution in [2.45, 2.75) is 13.3 Å². The number of carbonyl (C=O) groups excluding carboxylic acids is 2. The van der Waals surface area contributed by atoms with Gasteiger partial charge in [-0.2, -0.15) is 0 Å². The number of carbonyl (C=O) groups is 2. The number of primary amides is 1. The summed E-state index contributed by atoms with van der Waals surface area (Å²) in [6, 6.07) is 2.93. The Balaban J connectivity index is 2.54. The van der Waals surface area contributed by atoms with Crippen LogP contribution in [0, 0.1) is 6.92 Å². The van der Waals surface area contributed by atoms with E-state index in [0.717, 1.165) is 0 Å². The maximum absolute atomic E-state index is 12.0. The van der Waals surface area contributed by atoms with Crippen LogP contribution in [0.15, 0.2) is 21.3 Å². The lowest BCUT2D eigenvalue weighted by Gasteiger charge is -2.10. The molecule has 0 aliphatic carbocycles. The van der Waals surface area contributed by atoms with Crippen molar-refractivity contribution >= 4 is 34.4 Å². The zero-order valence-corrected chi connectivity index (χ0v) is 13.2. The summed E-state index contributed by atoms with van der Waals surface area (Å²) in [5.41, 5.74) is 5.34. The highest BCUT2D eigenvalue weighted by molar-refractivity contribution is 6.32. The molecule has 7 nitrogen and oxygen atoms in total. The standard InChI is InChI=1S/C15H14ClNO6/c1-7-8-3-10(16)12(22-6-13(17)18)5-11(8)23-15(20)9(7)4-14(19)21-2/h3,5H,4,6H2,1-2H3,(H2,17,18). The van der Waals surface area contributed by atoms with Crippen molar-refractivity contribution in [3.63, 3.8) is 0 Å². The molecule has 0 aliphatic rings. The molecule has 8 heteroatoms. The maximum Gasteiger partial charge on any atom is 0.340 e. The molecule has 2 N–H and O–H groups in total. The number of amides is 1. The van der Waals surface area contributed by atoms with Gasteiger partial charge in [-0.05, 0) is 18.6 Å². The molecule has 1 aromatic carbocycles. The van der Waals surface area contributed by atoms with Gasteiger partial charge >= 0.3 is 11.6 Å². The van der Waals surface area contributed by atoms with Crippen LogP contribution in [0.2, 0.25) is 5.02 Å². The Morgan fingerprint density at radius 1 is 1.35 bits per heavy atom. The number of fused-ring (bicyclic) bond motifs is 1. The number of aryl methyl sites for hydroxylation is 1. The molecule has 0 aliphatic heterocycles. The molecule has 0 atom stereocenters. The molecule has 23 heavy (non-hydrogen) atoms. The molecular weight excluding hydrogens is 326 g/mol. The third-order valence-corrected chi connectivity index (χ3v) is 3.55. The van der Waals surface area contributed by atoms with E-state index in [0.29, 0.717) is 10.9 Å². The molecule has 0 saturated carbocycles. The molecule has 0 unspecified atom stereocenters. The van der Waals surface area contributed by atoms with Gasteiger partial charge < -0.3 is 19.6 Å². The van der Waals surface area contributed by atoms with Crippen LogP contribution in [-0.2, 0) is 20.7 Å². The monoisotopic (exact) mass is 339 g/mol. The molecule has 1 heterocycles. The summed E-state index contributed by atoms with van der Waals surface area (Å²) in [5.74, 6) is -1.04. The van der Waals surface area contributed by atoms with Gasteiger partial charge in [0.2, 0.25) is 0 Å². The van der Waals surface area contributed by atoms with E-state index in [1.165, 1.54) is 19.2 Å². The Morgan fingerprint density at radius 3 is 2.65 bits per heavy atom. The number of benzene rings is 1. The van der Waals surface area contributed by atoms with Crippen LogP contribution in [-0.4, -0.2) is 25.6 Å². The second-order valence-electron chi connectivity index (χ2n) is 4.78. The molecule has 0 saturated heterocycles.